The van der Waals surface area contributed by atoms with Crippen LogP contribution in [-0.2, 0) is 51.4 Å². The molecule has 0 unspecified atom stereocenters. The van der Waals surface area contributed by atoms with E-state index in [2.05, 4.69) is 273 Å². The first-order valence-electron chi connectivity index (χ1n) is 43.0. The lowest BCUT2D eigenvalue weighted by molar-refractivity contribution is 1.21. The standard InChI is InChI=1S/4C28H17N3/c1-2-4-20-16(3-1)9-17-12-22-18(11-21(17)20)10-19-13-25-24(14-23(19)22)26-15-29-6-5-27(26)31-8-7-30-28(25)31;1-2-4-19-16(3-1)11-17-12-18-13-24-20(23(18)14-22(17)19)5-6-21-25-15-29-8-7-26(25)31-10-9-30-28(31)27(21)24;1-2-4-19-16(3-1)11-17-5-6-20-21-14-22-24(13-18(21)12-23(20)27(17)19)28-30-9-10-31(28)26-7-8-29-15-25(22)26;1-2-4-19-16(3-1)13-17-5-6-18-14-22-20(26(18)25(17)19)7-8-21-23-15-29-10-9-24(23)31-12-11-30-28(31)27(21)22/h1-8,11-15H,9-10H2;1-10,12,14-15H,11,13H2;1-10,13-15H,11-12H2;1-12,15H,13-14H2. The molecule has 124 heavy (non-hydrogen) atoms. The molecule has 12 aromatic carbocycles. The minimum absolute atomic E-state index is 0.950. The van der Waals surface area contributed by atoms with Crippen LogP contribution in [0.1, 0.15) is 89.0 Å². The van der Waals surface area contributed by atoms with E-state index >= 15 is 0 Å². The van der Waals surface area contributed by atoms with Gasteiger partial charge in [0.15, 0.2) is 0 Å². The van der Waals surface area contributed by atoms with Crippen LogP contribution in [0, 0.1) is 0 Å². The molecular formula is C112H68N12. The molecule has 0 N–H and O–H groups in total. The second-order valence-electron chi connectivity index (χ2n) is 34.8. The molecule has 12 heterocycles. The zero-order chi connectivity index (χ0) is 80.4. The summed E-state index contributed by atoms with van der Waals surface area (Å²) in [5.74, 6) is 0. The maximum atomic E-state index is 4.79. The maximum absolute atomic E-state index is 4.79. The van der Waals surface area contributed by atoms with Gasteiger partial charge in [0.1, 0.15) is 22.6 Å². The fourth-order valence-corrected chi connectivity index (χ4v) is 23.5. The molecule has 12 nitrogen and oxygen atoms in total. The molecule has 0 aliphatic heterocycles. The molecule has 32 rings (SSSR count). The molecule has 576 valence electrons. The number of hydrogen-bond acceptors (Lipinski definition) is 8. The second kappa shape index (κ2) is 24.9. The van der Waals surface area contributed by atoms with Gasteiger partial charge >= 0.3 is 0 Å². The molecule has 0 saturated carbocycles. The van der Waals surface area contributed by atoms with E-state index in [1.807, 2.05) is 86.8 Å². The first-order chi connectivity index (χ1) is 61.5. The van der Waals surface area contributed by atoms with E-state index in [1.54, 1.807) is 0 Å². The Labute approximate surface area is 709 Å². The highest BCUT2D eigenvalue weighted by Gasteiger charge is 2.35. The van der Waals surface area contributed by atoms with E-state index in [0.717, 1.165) is 96.0 Å². The Morgan fingerprint density at radius 3 is 1.07 bits per heavy atom. The highest BCUT2D eigenvalue weighted by atomic mass is 15.0. The van der Waals surface area contributed by atoms with Crippen molar-refractivity contribution in [1.82, 2.24) is 57.5 Å². The molecule has 0 spiro atoms. The van der Waals surface area contributed by atoms with Gasteiger partial charge in [-0.15, -0.1) is 0 Å². The third kappa shape index (κ3) is 9.24. The molecule has 0 fully saturated rings. The van der Waals surface area contributed by atoms with Crippen molar-refractivity contribution in [2.24, 2.45) is 0 Å². The average Bonchev–Trinajstić information content (AvgIpc) is 1.58. The fraction of sp³-hybridized carbons (Fsp3) is 0.0714. The molecule has 24 aromatic rings. The van der Waals surface area contributed by atoms with E-state index in [4.69, 9.17) is 15.0 Å². The van der Waals surface area contributed by atoms with E-state index < -0.39 is 0 Å². The van der Waals surface area contributed by atoms with Gasteiger partial charge in [0.2, 0.25) is 0 Å². The summed E-state index contributed by atoms with van der Waals surface area (Å²) in [5.41, 5.74) is 54.0. The van der Waals surface area contributed by atoms with Crippen LogP contribution in [0.5, 0.6) is 0 Å². The molecule has 0 radical (unpaired) electrons. The third-order valence-electron chi connectivity index (χ3n) is 28.8. The van der Waals surface area contributed by atoms with Crippen LogP contribution in [0.15, 0.2) is 318 Å². The van der Waals surface area contributed by atoms with E-state index in [9.17, 15) is 0 Å². The van der Waals surface area contributed by atoms with E-state index in [1.165, 1.54) is 243 Å². The number of fused-ring (bicyclic) bond motifs is 52. The quantitative estimate of drug-likeness (QED) is 0.138. The van der Waals surface area contributed by atoms with Crippen molar-refractivity contribution < 1.29 is 0 Å². The highest BCUT2D eigenvalue weighted by Crippen LogP contribution is 2.55. The first-order valence-corrected chi connectivity index (χ1v) is 43.0. The van der Waals surface area contributed by atoms with Crippen LogP contribution in [-0.4, -0.2) is 57.5 Å². The summed E-state index contributed by atoms with van der Waals surface area (Å²) < 4.78 is 8.78. The van der Waals surface area contributed by atoms with Gasteiger partial charge in [-0.05, 0) is 318 Å². The van der Waals surface area contributed by atoms with Crippen molar-refractivity contribution in [3.05, 3.63) is 407 Å². The molecule has 8 aliphatic rings. The van der Waals surface area contributed by atoms with Crippen LogP contribution in [0.3, 0.4) is 0 Å². The van der Waals surface area contributed by atoms with Gasteiger partial charge in [-0.25, -0.2) is 19.9 Å². The van der Waals surface area contributed by atoms with Gasteiger partial charge in [-0.2, -0.15) is 0 Å². The molecular weight excluding hydrogens is 1510 g/mol. The number of imidazole rings is 4. The Morgan fingerprint density at radius 1 is 0.185 bits per heavy atom. The van der Waals surface area contributed by atoms with Crippen LogP contribution >= 0.6 is 0 Å². The minimum Gasteiger partial charge on any atom is -0.299 e. The fourth-order valence-electron chi connectivity index (χ4n) is 23.5. The van der Waals surface area contributed by atoms with Gasteiger partial charge in [-0.1, -0.05) is 152 Å². The topological polar surface area (TPSA) is 121 Å². The normalized spacial score (nSPS) is 13.5. The number of nitrogens with zero attached hydrogens (tertiary/aromatic N) is 12. The SMILES string of the molecule is c1ccc2c(c1)Cc1cc3c(cc1-2)-c1ccc2c4cnccc4n4ccnc4c2c1C3.c1ccc2c(c1)Cc1cc3c(cc1-2)Cc1cc2c(cc1-3)c1cnccc1n1ccnc21.c1ccc2c(c1)Cc1ccc3c(c1-2)-c1ccc2c4cnccc4n4ccnc4c2c1C3.c1ccc2c(c1)Cc1ccc3c(c1-2)Cc1cc2c(cc1-3)c1cnccc1n1ccnc21. The van der Waals surface area contributed by atoms with E-state index in [0.29, 0.717) is 0 Å². The summed E-state index contributed by atoms with van der Waals surface area (Å²) in [6, 6.07) is 81.5. The Morgan fingerprint density at radius 2 is 0.516 bits per heavy atom. The van der Waals surface area contributed by atoms with Crippen LogP contribution in [0.4, 0.5) is 0 Å². The molecule has 12 heteroatoms. The molecule has 0 saturated heterocycles. The largest absolute Gasteiger partial charge is 0.299 e. The van der Waals surface area contributed by atoms with Crippen molar-refractivity contribution in [3.8, 4) is 89.0 Å². The molecule has 8 aliphatic carbocycles. The average molecular weight is 1580 g/mol. The number of benzene rings is 12. The predicted octanol–water partition coefficient (Wildman–Crippen LogP) is 24.7. The summed E-state index contributed by atoms with van der Waals surface area (Å²) >= 11 is 0. The number of rotatable bonds is 0. The van der Waals surface area contributed by atoms with Crippen molar-refractivity contribution in [3.63, 3.8) is 0 Å². The van der Waals surface area contributed by atoms with Crippen LogP contribution in [0.2, 0.25) is 0 Å². The molecule has 0 amide bonds. The van der Waals surface area contributed by atoms with Crippen molar-refractivity contribution in [2.75, 3.05) is 0 Å². The monoisotopic (exact) mass is 1580 g/mol. The lowest BCUT2D eigenvalue weighted by Crippen LogP contribution is -1.94. The third-order valence-corrected chi connectivity index (χ3v) is 28.8. The van der Waals surface area contributed by atoms with E-state index in [-0.39, 0.29) is 0 Å². The zero-order valence-electron chi connectivity index (χ0n) is 67.0. The lowest BCUT2D eigenvalue weighted by Gasteiger charge is -2.13. The summed E-state index contributed by atoms with van der Waals surface area (Å²) in [7, 11) is 0. The summed E-state index contributed by atoms with van der Waals surface area (Å²) in [6.45, 7) is 0. The van der Waals surface area contributed by atoms with Gasteiger partial charge < -0.3 is 0 Å². The summed E-state index contributed by atoms with van der Waals surface area (Å²) in [5, 5.41) is 14.6. The number of hydrogen-bond donors (Lipinski definition) is 0. The Bertz CT molecular complexity index is 9040. The number of aromatic nitrogens is 12. The molecule has 12 aromatic heterocycles. The van der Waals surface area contributed by atoms with Crippen LogP contribution in [0.25, 0.3) is 198 Å². The highest BCUT2D eigenvalue weighted by molar-refractivity contribution is 6.19. The Balaban J connectivity index is 0.0000000828. The van der Waals surface area contributed by atoms with Gasteiger partial charge in [0.05, 0.1) is 22.1 Å². The Kier molecular flexibility index (Phi) is 13.4. The smallest absolute Gasteiger partial charge is 0.145 e. The summed E-state index contributed by atoms with van der Waals surface area (Å²) in [6.07, 6.45) is 39.2. The molecule has 0 bridgehead atoms. The number of pyridine rings is 8. The van der Waals surface area contributed by atoms with Crippen molar-refractivity contribution >= 4 is 109 Å². The maximum Gasteiger partial charge on any atom is 0.145 e. The second-order valence-corrected chi connectivity index (χ2v) is 34.8. The van der Waals surface area contributed by atoms with Gasteiger partial charge in [-0.3, -0.25) is 37.5 Å². The van der Waals surface area contributed by atoms with Gasteiger partial charge in [0, 0.05) is 142 Å². The van der Waals surface area contributed by atoms with Crippen molar-refractivity contribution in [2.45, 2.75) is 51.4 Å². The minimum atomic E-state index is 0.950. The molecule has 0 atom stereocenters. The van der Waals surface area contributed by atoms with Crippen LogP contribution < -0.4 is 0 Å². The first kappa shape index (κ1) is 66.9. The lowest BCUT2D eigenvalue weighted by atomic mass is 9.92. The van der Waals surface area contributed by atoms with Gasteiger partial charge in [0.25, 0.3) is 0 Å². The van der Waals surface area contributed by atoms with Crippen molar-refractivity contribution in [1.29, 1.82) is 0 Å². The zero-order valence-corrected chi connectivity index (χ0v) is 67.0. The Hall–Kier alpha value is -15.9. The summed E-state index contributed by atoms with van der Waals surface area (Å²) in [4.78, 5) is 36.7. The predicted molar refractivity (Wildman–Crippen MR) is 498 cm³/mol.